The lowest BCUT2D eigenvalue weighted by atomic mass is 10.1. The van der Waals surface area contributed by atoms with E-state index in [0.29, 0.717) is 12.2 Å². The Morgan fingerprint density at radius 2 is 1.96 bits per heavy atom. The third kappa shape index (κ3) is 4.32. The Hall–Kier alpha value is -3.49. The van der Waals surface area contributed by atoms with Gasteiger partial charge in [0.25, 0.3) is 0 Å². The fraction of sp³-hybridized carbons (Fsp3) is 0.235. The first-order valence-electron chi connectivity index (χ1n) is 8.05. The standard InChI is InChI=1S/C17H18N6O3/c1-13-4-2-3-5-14(13)10-22-11-15(8-18-22)20-17(24)6-7-21-12-16(9-19-21)23(25)26/h2-5,8-9,11-12H,6-7,10H2,1H3,(H,20,24). The van der Waals surface area contributed by atoms with E-state index < -0.39 is 4.92 Å². The number of rotatable bonds is 7. The first-order valence-corrected chi connectivity index (χ1v) is 8.05. The zero-order chi connectivity index (χ0) is 18.5. The summed E-state index contributed by atoms with van der Waals surface area (Å²) in [6.45, 7) is 2.93. The van der Waals surface area contributed by atoms with Gasteiger partial charge in [0.1, 0.15) is 12.4 Å². The number of nitrogens with one attached hydrogen (secondary N) is 1. The SMILES string of the molecule is Cc1ccccc1Cn1cc(NC(=O)CCn2cc([N+](=O)[O-])cn2)cn1. The number of nitro groups is 1. The number of hydrogen-bond donors (Lipinski definition) is 1. The van der Waals surface area contributed by atoms with Gasteiger partial charge in [0, 0.05) is 19.2 Å². The Morgan fingerprint density at radius 1 is 1.19 bits per heavy atom. The van der Waals surface area contributed by atoms with Crippen molar-refractivity contribution in [3.8, 4) is 0 Å². The van der Waals surface area contributed by atoms with Crippen molar-refractivity contribution in [3.05, 3.63) is 70.3 Å². The molecule has 9 heteroatoms. The molecule has 0 radical (unpaired) electrons. The zero-order valence-electron chi connectivity index (χ0n) is 14.2. The molecule has 26 heavy (non-hydrogen) atoms. The Labute approximate surface area is 149 Å². The zero-order valence-corrected chi connectivity index (χ0v) is 14.2. The monoisotopic (exact) mass is 354 g/mol. The molecule has 0 unspecified atom stereocenters. The maximum Gasteiger partial charge on any atom is 0.306 e. The van der Waals surface area contributed by atoms with Crippen LogP contribution in [-0.4, -0.2) is 30.4 Å². The van der Waals surface area contributed by atoms with Gasteiger partial charge in [-0.05, 0) is 18.1 Å². The van der Waals surface area contributed by atoms with Gasteiger partial charge in [0.05, 0.1) is 23.4 Å². The Balaban J connectivity index is 1.52. The number of aromatic nitrogens is 4. The highest BCUT2D eigenvalue weighted by molar-refractivity contribution is 5.90. The van der Waals surface area contributed by atoms with E-state index in [2.05, 4.69) is 15.5 Å². The number of amides is 1. The highest BCUT2D eigenvalue weighted by atomic mass is 16.6. The lowest BCUT2D eigenvalue weighted by Crippen LogP contribution is -2.14. The molecular weight excluding hydrogens is 336 g/mol. The summed E-state index contributed by atoms with van der Waals surface area (Å²) in [7, 11) is 0. The van der Waals surface area contributed by atoms with E-state index in [0.717, 1.165) is 11.8 Å². The molecule has 1 N–H and O–H groups in total. The number of anilines is 1. The molecule has 0 saturated carbocycles. The highest BCUT2D eigenvalue weighted by Gasteiger charge is 2.10. The molecule has 3 rings (SSSR count). The van der Waals surface area contributed by atoms with E-state index in [1.807, 2.05) is 31.2 Å². The number of benzene rings is 1. The molecule has 2 heterocycles. The summed E-state index contributed by atoms with van der Waals surface area (Å²) in [6, 6.07) is 8.05. The van der Waals surface area contributed by atoms with Crippen molar-refractivity contribution >= 4 is 17.3 Å². The summed E-state index contributed by atoms with van der Waals surface area (Å²) in [6.07, 6.45) is 5.97. The molecule has 0 atom stereocenters. The van der Waals surface area contributed by atoms with Crippen molar-refractivity contribution in [1.29, 1.82) is 0 Å². The maximum atomic E-state index is 12.0. The summed E-state index contributed by atoms with van der Waals surface area (Å²) >= 11 is 0. The van der Waals surface area contributed by atoms with Gasteiger partial charge < -0.3 is 5.32 Å². The number of carbonyl (C=O) groups is 1. The Kier molecular flexibility index (Phi) is 5.07. The minimum atomic E-state index is -0.521. The van der Waals surface area contributed by atoms with Crippen molar-refractivity contribution < 1.29 is 9.72 Å². The van der Waals surface area contributed by atoms with Crippen molar-refractivity contribution in [2.24, 2.45) is 0 Å². The van der Waals surface area contributed by atoms with E-state index in [1.54, 1.807) is 17.1 Å². The van der Waals surface area contributed by atoms with Crippen LogP contribution in [0.25, 0.3) is 0 Å². The van der Waals surface area contributed by atoms with Crippen LogP contribution in [0.3, 0.4) is 0 Å². The van der Waals surface area contributed by atoms with E-state index in [4.69, 9.17) is 0 Å². The minimum absolute atomic E-state index is 0.0945. The normalized spacial score (nSPS) is 10.7. The second kappa shape index (κ2) is 7.60. The van der Waals surface area contributed by atoms with Crippen molar-refractivity contribution in [2.75, 3.05) is 5.32 Å². The average Bonchev–Trinajstić information content (AvgIpc) is 3.25. The molecule has 0 bridgehead atoms. The summed E-state index contributed by atoms with van der Waals surface area (Å²) in [5, 5.41) is 21.5. The molecule has 0 saturated heterocycles. The predicted molar refractivity (Wildman–Crippen MR) is 94.6 cm³/mol. The van der Waals surface area contributed by atoms with Crippen LogP contribution >= 0.6 is 0 Å². The van der Waals surface area contributed by atoms with Crippen molar-refractivity contribution in [1.82, 2.24) is 19.6 Å². The van der Waals surface area contributed by atoms with Crippen LogP contribution < -0.4 is 5.32 Å². The van der Waals surface area contributed by atoms with Crippen molar-refractivity contribution in [3.63, 3.8) is 0 Å². The van der Waals surface area contributed by atoms with E-state index in [9.17, 15) is 14.9 Å². The fourth-order valence-corrected chi connectivity index (χ4v) is 2.49. The summed E-state index contributed by atoms with van der Waals surface area (Å²) in [4.78, 5) is 22.1. The Morgan fingerprint density at radius 3 is 2.69 bits per heavy atom. The van der Waals surface area contributed by atoms with Crippen LogP contribution in [0.1, 0.15) is 17.5 Å². The predicted octanol–water partition coefficient (Wildman–Crippen LogP) is 2.37. The minimum Gasteiger partial charge on any atom is -0.323 e. The third-order valence-electron chi connectivity index (χ3n) is 3.91. The molecular formula is C17H18N6O3. The number of carbonyl (C=O) groups excluding carboxylic acids is 1. The van der Waals surface area contributed by atoms with Gasteiger partial charge in [0.15, 0.2) is 0 Å². The number of nitrogens with zero attached hydrogens (tertiary/aromatic N) is 5. The van der Waals surface area contributed by atoms with Crippen LogP contribution in [0.5, 0.6) is 0 Å². The molecule has 0 spiro atoms. The molecule has 9 nitrogen and oxygen atoms in total. The fourth-order valence-electron chi connectivity index (χ4n) is 2.49. The van der Waals surface area contributed by atoms with Gasteiger partial charge in [-0.3, -0.25) is 24.3 Å². The van der Waals surface area contributed by atoms with Gasteiger partial charge in [-0.25, -0.2) is 0 Å². The van der Waals surface area contributed by atoms with Gasteiger partial charge in [-0.15, -0.1) is 0 Å². The van der Waals surface area contributed by atoms with Crippen LogP contribution in [0.2, 0.25) is 0 Å². The average molecular weight is 354 g/mol. The molecule has 3 aromatic rings. The molecule has 0 aliphatic heterocycles. The number of hydrogen-bond acceptors (Lipinski definition) is 5. The van der Waals surface area contributed by atoms with Crippen LogP contribution in [0.4, 0.5) is 11.4 Å². The molecule has 0 fully saturated rings. The molecule has 0 aliphatic carbocycles. The quantitative estimate of drug-likeness (QED) is 0.518. The van der Waals surface area contributed by atoms with E-state index in [1.165, 1.54) is 16.4 Å². The largest absolute Gasteiger partial charge is 0.323 e. The van der Waals surface area contributed by atoms with Gasteiger partial charge in [-0.1, -0.05) is 24.3 Å². The summed E-state index contributed by atoms with van der Waals surface area (Å²) in [5.41, 5.74) is 2.86. The maximum absolute atomic E-state index is 12.0. The topological polar surface area (TPSA) is 108 Å². The smallest absolute Gasteiger partial charge is 0.306 e. The summed E-state index contributed by atoms with van der Waals surface area (Å²) in [5.74, 6) is -0.210. The van der Waals surface area contributed by atoms with Gasteiger partial charge >= 0.3 is 5.69 Å². The lowest BCUT2D eigenvalue weighted by molar-refractivity contribution is -0.385. The molecule has 2 aromatic heterocycles. The molecule has 1 amide bonds. The molecule has 134 valence electrons. The van der Waals surface area contributed by atoms with Gasteiger partial charge in [-0.2, -0.15) is 10.2 Å². The molecule has 1 aromatic carbocycles. The number of aryl methyl sites for hydroxylation is 2. The van der Waals surface area contributed by atoms with Crippen LogP contribution in [0, 0.1) is 17.0 Å². The van der Waals surface area contributed by atoms with Crippen LogP contribution in [-0.2, 0) is 17.9 Å². The van der Waals surface area contributed by atoms with Gasteiger partial charge in [0.2, 0.25) is 5.91 Å². The Bertz CT molecular complexity index is 930. The lowest BCUT2D eigenvalue weighted by Gasteiger charge is -2.05. The van der Waals surface area contributed by atoms with E-state index >= 15 is 0 Å². The second-order valence-electron chi connectivity index (χ2n) is 5.87. The first kappa shape index (κ1) is 17.3. The first-order chi connectivity index (χ1) is 12.5. The third-order valence-corrected chi connectivity index (χ3v) is 3.91. The second-order valence-corrected chi connectivity index (χ2v) is 5.87. The highest BCUT2D eigenvalue weighted by Crippen LogP contribution is 2.12. The molecule has 0 aliphatic rings. The van der Waals surface area contributed by atoms with Crippen LogP contribution in [0.15, 0.2) is 49.1 Å². The van der Waals surface area contributed by atoms with E-state index in [-0.39, 0.29) is 24.6 Å². The van der Waals surface area contributed by atoms with Crippen molar-refractivity contribution in [2.45, 2.75) is 26.4 Å². The summed E-state index contributed by atoms with van der Waals surface area (Å²) < 4.78 is 3.13.